The molecule has 4 aromatic rings. The van der Waals surface area contributed by atoms with Crippen molar-refractivity contribution in [2.75, 3.05) is 37.0 Å². The topological polar surface area (TPSA) is 139 Å². The van der Waals surface area contributed by atoms with Crippen molar-refractivity contribution < 1.29 is 40.4 Å². The normalized spacial score (nSPS) is 14.3. The first kappa shape index (κ1) is 25.2. The zero-order chi connectivity index (χ0) is 26.6. The van der Waals surface area contributed by atoms with Crippen LogP contribution in [0.1, 0.15) is 11.4 Å². The summed E-state index contributed by atoms with van der Waals surface area (Å²) < 4.78 is 10.8. The Morgan fingerprint density at radius 2 is 1.28 bits per heavy atom. The number of aliphatic imine (C=N–C) groups is 2. The van der Waals surface area contributed by atoms with Crippen LogP contribution < -0.4 is 10.9 Å². The van der Waals surface area contributed by atoms with E-state index in [0.717, 1.165) is 70.7 Å². The van der Waals surface area contributed by atoms with Crippen molar-refractivity contribution in [3.8, 4) is 0 Å². The molecule has 4 heterocycles. The molecule has 196 valence electrons. The zero-order valence-electron chi connectivity index (χ0n) is 21.1. The molecule has 2 aromatic carbocycles. The predicted molar refractivity (Wildman–Crippen MR) is 144 cm³/mol. The molecule has 0 unspecified atom stereocenters. The molecule has 2 aliphatic heterocycles. The van der Waals surface area contributed by atoms with Gasteiger partial charge in [0, 0.05) is 0 Å². The number of fused-ring (bicyclic) bond motifs is 2. The van der Waals surface area contributed by atoms with Crippen LogP contribution in [0, 0.1) is 0 Å². The Morgan fingerprint density at radius 3 is 1.72 bits per heavy atom. The summed E-state index contributed by atoms with van der Waals surface area (Å²) in [6.45, 7) is 3.14. The van der Waals surface area contributed by atoms with Crippen molar-refractivity contribution in [2.24, 2.45) is 9.98 Å². The molecular weight excluding hydrogens is 689 g/mol. The van der Waals surface area contributed by atoms with Gasteiger partial charge in [-0.05, 0) is 0 Å². The van der Waals surface area contributed by atoms with Gasteiger partial charge in [-0.3, -0.25) is 0 Å². The number of nitrogens with zero attached hydrogens (tertiary/aromatic N) is 4. The van der Waals surface area contributed by atoms with Crippen LogP contribution in [-0.4, -0.2) is 70.8 Å². The van der Waals surface area contributed by atoms with Crippen molar-refractivity contribution in [1.29, 1.82) is 0 Å². The number of hydrogen-bond donors (Lipinski definition) is 4. The number of nitrogens with one attached hydrogen (secondary N) is 4. The number of H-pyrrole nitrogens is 2. The summed E-state index contributed by atoms with van der Waals surface area (Å²) in [6, 6.07) is 15.6. The number of anilines is 2. The van der Waals surface area contributed by atoms with Gasteiger partial charge in [-0.25, -0.2) is 0 Å². The third kappa shape index (κ3) is 6.00. The number of carbonyl (C=O) groups excluding carboxylic acids is 2. The Hall–Kier alpha value is -4.06. The molecule has 0 saturated carbocycles. The molecule has 6 rings (SSSR count). The maximum absolute atomic E-state index is 12.4. The predicted octanol–water partition coefficient (Wildman–Crippen LogP) is 2.77. The van der Waals surface area contributed by atoms with Crippen LogP contribution in [0.3, 0.4) is 0 Å². The second kappa shape index (κ2) is 11.4. The van der Waals surface area contributed by atoms with E-state index in [1.54, 1.807) is 12.7 Å². The number of benzene rings is 2. The molecule has 0 atom stereocenters. The first-order valence-electron chi connectivity index (χ1n) is 12.7. The second-order valence-electron chi connectivity index (χ2n) is 9.28. The number of carbonyl (C=O) groups is 2. The van der Waals surface area contributed by atoms with Gasteiger partial charge >= 0.3 is 238 Å². The van der Waals surface area contributed by atoms with Crippen LogP contribution >= 0.6 is 0 Å². The molecule has 0 amide bonds. The van der Waals surface area contributed by atoms with Crippen LogP contribution in [-0.2, 0) is 53.2 Å². The van der Waals surface area contributed by atoms with Crippen molar-refractivity contribution in [3.05, 3.63) is 59.9 Å². The summed E-state index contributed by atoms with van der Waals surface area (Å²) in [6.07, 6.45) is 3.71. The summed E-state index contributed by atoms with van der Waals surface area (Å²) in [4.78, 5) is 39.8. The molecule has 0 saturated heterocycles. The van der Waals surface area contributed by atoms with Gasteiger partial charge in [-0.1, -0.05) is 0 Å². The zero-order valence-corrected chi connectivity index (χ0v) is 26.6. The van der Waals surface area contributed by atoms with E-state index in [0.29, 0.717) is 0 Å². The summed E-state index contributed by atoms with van der Waals surface area (Å²) in [5.41, 5.74) is 11.8. The molecule has 39 heavy (non-hydrogen) atoms. The fourth-order valence-electron chi connectivity index (χ4n) is 4.62. The molecule has 2 aliphatic rings. The molecule has 4 N–H and O–H groups in total. The fraction of sp³-hybridized carbons (Fsp3) is 0.231. The van der Waals surface area contributed by atoms with Crippen LogP contribution in [0.4, 0.5) is 11.4 Å². The average Bonchev–Trinajstić information content (AvgIpc) is 3.72. The molecule has 12 nitrogen and oxygen atoms in total. The number of rotatable bonds is 10. The SMILES string of the molecule is O=C(Cc1cc2c(NN3C=NCC3)cccc2[nH]1)[O][Hg][O]C(=O)Cc1cc2c(NN3C=NCC3)cccc2[nH]1. The third-order valence-electron chi connectivity index (χ3n) is 6.46. The van der Waals surface area contributed by atoms with Crippen LogP contribution in [0.15, 0.2) is 58.5 Å². The summed E-state index contributed by atoms with van der Waals surface area (Å²) in [5.74, 6) is -0.798. The minimum absolute atomic E-state index is 0.0797. The molecule has 0 radical (unpaired) electrons. The van der Waals surface area contributed by atoms with E-state index >= 15 is 0 Å². The molecule has 2 aromatic heterocycles. The molecule has 13 heteroatoms. The van der Waals surface area contributed by atoms with Crippen LogP contribution in [0.25, 0.3) is 21.8 Å². The second-order valence-corrected chi connectivity index (χ2v) is 12.4. The van der Waals surface area contributed by atoms with Gasteiger partial charge in [0.15, 0.2) is 0 Å². The van der Waals surface area contributed by atoms with Crippen LogP contribution in [0.2, 0.25) is 0 Å². The van der Waals surface area contributed by atoms with Gasteiger partial charge in [0.1, 0.15) is 0 Å². The quantitative estimate of drug-likeness (QED) is 0.184. The van der Waals surface area contributed by atoms with Gasteiger partial charge < -0.3 is 0 Å². The van der Waals surface area contributed by atoms with Crippen LogP contribution in [0.5, 0.6) is 0 Å². The minimum atomic E-state index is -2.63. The fourth-order valence-corrected chi connectivity index (χ4v) is 6.67. The maximum atomic E-state index is 12.4. The van der Waals surface area contributed by atoms with Gasteiger partial charge in [0.2, 0.25) is 0 Å². The molecule has 0 spiro atoms. The van der Waals surface area contributed by atoms with E-state index in [1.807, 2.05) is 58.5 Å². The Bertz CT molecular complexity index is 1460. The third-order valence-corrected chi connectivity index (χ3v) is 9.88. The van der Waals surface area contributed by atoms with Crippen molar-refractivity contribution in [3.63, 3.8) is 0 Å². The van der Waals surface area contributed by atoms with Crippen molar-refractivity contribution in [1.82, 2.24) is 20.0 Å². The number of hydrogen-bond acceptors (Lipinski definition) is 10. The van der Waals surface area contributed by atoms with E-state index in [1.165, 1.54) is 0 Å². The van der Waals surface area contributed by atoms with Gasteiger partial charge in [-0.2, -0.15) is 0 Å². The summed E-state index contributed by atoms with van der Waals surface area (Å²) >= 11 is -2.63. The first-order valence-corrected chi connectivity index (χ1v) is 17.2. The molecule has 0 fully saturated rings. The van der Waals surface area contributed by atoms with E-state index in [9.17, 15) is 9.59 Å². The Balaban J connectivity index is 0.999. The van der Waals surface area contributed by atoms with Crippen molar-refractivity contribution >= 4 is 57.8 Å². The molecule has 0 bridgehead atoms. The van der Waals surface area contributed by atoms with Gasteiger partial charge in [0.05, 0.1) is 0 Å². The number of hydrazine groups is 2. The van der Waals surface area contributed by atoms with Gasteiger partial charge in [-0.15, -0.1) is 0 Å². The van der Waals surface area contributed by atoms with E-state index in [-0.39, 0.29) is 12.8 Å². The van der Waals surface area contributed by atoms with E-state index in [4.69, 9.17) is 5.29 Å². The van der Waals surface area contributed by atoms with Gasteiger partial charge in [0.25, 0.3) is 0 Å². The summed E-state index contributed by atoms with van der Waals surface area (Å²) in [5, 5.41) is 5.80. The Kier molecular flexibility index (Phi) is 7.34. The Labute approximate surface area is 237 Å². The summed E-state index contributed by atoms with van der Waals surface area (Å²) in [7, 11) is 0. The average molecular weight is 715 g/mol. The van der Waals surface area contributed by atoms with E-state index in [2.05, 4.69) is 30.8 Å². The number of aromatic nitrogens is 2. The van der Waals surface area contributed by atoms with Crippen molar-refractivity contribution in [2.45, 2.75) is 12.8 Å². The monoisotopic (exact) mass is 716 g/mol. The molecular formula is C26H26HgN8O4. The standard InChI is InChI=1S/2C13H14N4O2.Hg/c2*18-13(19)7-9-6-10-11(15-9)2-1-3-12(10)16-17-5-4-14-8-17;/h2*1-3,6,8,15-16H,4-5,7H2,(H,18,19);/q;;+2/p-2. The Morgan fingerprint density at radius 1 is 0.795 bits per heavy atom. The molecule has 0 aliphatic carbocycles. The van der Waals surface area contributed by atoms with E-state index < -0.39 is 37.4 Å². The first-order chi connectivity index (χ1) is 19.1. The number of aromatic amines is 2.